The number of hydrogen-bond donors (Lipinski definition) is 1. The van der Waals surface area contributed by atoms with Crippen LogP contribution in [0.25, 0.3) is 0 Å². The zero-order valence-corrected chi connectivity index (χ0v) is 19.6. The fourth-order valence-corrected chi connectivity index (χ4v) is 4.46. The molecule has 1 aliphatic carbocycles. The van der Waals surface area contributed by atoms with Crippen molar-refractivity contribution < 1.29 is 19.1 Å². The fraction of sp³-hybridized carbons (Fsp3) is 0.481. The summed E-state index contributed by atoms with van der Waals surface area (Å²) in [4.78, 5) is 25.1. The highest BCUT2D eigenvalue weighted by molar-refractivity contribution is 5.78. The van der Waals surface area contributed by atoms with E-state index in [0.717, 1.165) is 28.7 Å². The van der Waals surface area contributed by atoms with Gasteiger partial charge in [-0.3, -0.25) is 4.79 Å². The van der Waals surface area contributed by atoms with Crippen molar-refractivity contribution in [1.29, 1.82) is 0 Å². The van der Waals surface area contributed by atoms with Crippen LogP contribution in [0.3, 0.4) is 0 Å². The summed E-state index contributed by atoms with van der Waals surface area (Å²) in [5, 5.41) is 3.13. The highest BCUT2D eigenvalue weighted by Crippen LogP contribution is 2.38. The average Bonchev–Trinajstić information content (AvgIpc) is 2.79. The van der Waals surface area contributed by atoms with Crippen molar-refractivity contribution in [3.05, 3.63) is 70.8 Å². The number of nitrogens with one attached hydrogen (secondary N) is 1. The number of ether oxygens (including phenoxy) is 2. The number of Topliss-reactive ketones (excluding diaryl/α,β-unsaturated/α-hetero) is 1. The Hall–Kier alpha value is -2.66. The maximum Gasteiger partial charge on any atom is 0.407 e. The molecule has 5 heteroatoms. The van der Waals surface area contributed by atoms with E-state index >= 15 is 0 Å². The zero-order chi connectivity index (χ0) is 23.1. The van der Waals surface area contributed by atoms with E-state index in [9.17, 15) is 9.59 Å². The van der Waals surface area contributed by atoms with Crippen LogP contribution in [-0.2, 0) is 33.9 Å². The second kappa shape index (κ2) is 11.3. The molecule has 1 N–H and O–H groups in total. The van der Waals surface area contributed by atoms with Crippen LogP contribution < -0.4 is 5.32 Å². The van der Waals surface area contributed by atoms with Crippen molar-refractivity contribution in [2.75, 3.05) is 6.61 Å². The van der Waals surface area contributed by atoms with Gasteiger partial charge >= 0.3 is 6.09 Å². The van der Waals surface area contributed by atoms with E-state index in [1.165, 1.54) is 0 Å². The summed E-state index contributed by atoms with van der Waals surface area (Å²) in [6, 6.07) is 15.7. The molecule has 0 aromatic heterocycles. The monoisotopic (exact) mass is 437 g/mol. The predicted molar refractivity (Wildman–Crippen MR) is 125 cm³/mol. The Balaban J connectivity index is 1.87. The molecule has 0 aliphatic heterocycles. The van der Waals surface area contributed by atoms with Gasteiger partial charge in [0.1, 0.15) is 12.4 Å². The number of rotatable bonds is 7. The van der Waals surface area contributed by atoms with Crippen LogP contribution >= 0.6 is 0 Å². The molecule has 0 saturated carbocycles. The van der Waals surface area contributed by atoms with E-state index in [4.69, 9.17) is 9.47 Å². The second-order valence-electron chi connectivity index (χ2n) is 8.94. The number of carbonyl (C=O) groups excluding carboxylic acids is 2. The molecule has 0 bridgehead atoms. The van der Waals surface area contributed by atoms with Gasteiger partial charge in [0.25, 0.3) is 0 Å². The summed E-state index contributed by atoms with van der Waals surface area (Å²) in [6.07, 6.45) is 1.07. The number of fused-ring (bicyclic) bond motifs is 1. The zero-order valence-electron chi connectivity index (χ0n) is 19.6. The first kappa shape index (κ1) is 24.0. The minimum atomic E-state index is -0.428. The molecule has 2 aromatic carbocycles. The van der Waals surface area contributed by atoms with Crippen LogP contribution in [-0.4, -0.2) is 18.5 Å². The largest absolute Gasteiger partial charge is 0.445 e. The Morgan fingerprint density at radius 1 is 1.03 bits per heavy atom. The average molecular weight is 438 g/mol. The van der Waals surface area contributed by atoms with Gasteiger partial charge < -0.3 is 14.8 Å². The summed E-state index contributed by atoms with van der Waals surface area (Å²) < 4.78 is 11.1. The lowest BCUT2D eigenvalue weighted by molar-refractivity contribution is -0.121. The molecular weight excluding hydrogens is 402 g/mol. The lowest BCUT2D eigenvalue weighted by Gasteiger charge is -2.36. The van der Waals surface area contributed by atoms with Crippen LogP contribution in [0.15, 0.2) is 48.5 Å². The van der Waals surface area contributed by atoms with Crippen molar-refractivity contribution in [2.45, 2.75) is 59.8 Å². The summed E-state index contributed by atoms with van der Waals surface area (Å²) in [5.74, 6) is 0.631. The molecule has 0 spiro atoms. The highest BCUT2D eigenvalue weighted by Gasteiger charge is 2.34. The van der Waals surface area contributed by atoms with Crippen LogP contribution in [0.4, 0.5) is 4.79 Å². The number of hydrogen-bond acceptors (Lipinski definition) is 4. The van der Waals surface area contributed by atoms with E-state index in [1.54, 1.807) is 6.92 Å². The maximum atomic E-state index is 12.8. The number of amides is 1. The first-order valence-corrected chi connectivity index (χ1v) is 11.6. The second-order valence-corrected chi connectivity index (χ2v) is 8.94. The normalized spacial score (nSPS) is 22.9. The molecule has 2 aromatic rings. The first-order valence-electron chi connectivity index (χ1n) is 11.6. The van der Waals surface area contributed by atoms with Gasteiger partial charge in [-0.1, -0.05) is 62.4 Å². The standard InChI is InChI=1S/C27H35NO4/c1-5-31-16-22-11-12-23-15-24(20(4)29)13-18(2)19(3)26(25(23)14-22)28-27(30)32-17-21-9-7-6-8-10-21/h6-12,14,18-19,24,26H,5,13,15-17H2,1-4H3,(H,28,30). The molecule has 0 radical (unpaired) electrons. The SMILES string of the molecule is CCOCc1ccc2c(c1)C(NC(=O)OCc1ccccc1)C(C)C(C)CC(C(C)=O)C2. The van der Waals surface area contributed by atoms with Crippen molar-refractivity contribution >= 4 is 11.9 Å². The third-order valence-electron chi connectivity index (χ3n) is 6.63. The number of alkyl carbamates (subject to hydrolysis) is 1. The Kier molecular flexibility index (Phi) is 8.46. The molecule has 0 saturated heterocycles. The number of carbonyl (C=O) groups is 2. The van der Waals surface area contributed by atoms with E-state index in [-0.39, 0.29) is 36.2 Å². The third-order valence-corrected chi connectivity index (χ3v) is 6.63. The van der Waals surface area contributed by atoms with Crippen molar-refractivity contribution in [2.24, 2.45) is 17.8 Å². The number of ketones is 1. The minimum absolute atomic E-state index is 0.00470. The van der Waals surface area contributed by atoms with Crippen LogP contribution in [0, 0.1) is 17.8 Å². The predicted octanol–water partition coefficient (Wildman–Crippen LogP) is 5.61. The van der Waals surface area contributed by atoms with Gasteiger partial charge in [0.15, 0.2) is 0 Å². The van der Waals surface area contributed by atoms with Gasteiger partial charge in [0.05, 0.1) is 12.6 Å². The molecule has 4 atom stereocenters. The van der Waals surface area contributed by atoms with E-state index in [2.05, 4.69) is 37.4 Å². The van der Waals surface area contributed by atoms with Crippen LogP contribution in [0.2, 0.25) is 0 Å². The third kappa shape index (κ3) is 6.19. The summed E-state index contributed by atoms with van der Waals surface area (Å²) in [6.45, 7) is 9.37. The van der Waals surface area contributed by atoms with Gasteiger partial charge in [-0.15, -0.1) is 0 Å². The van der Waals surface area contributed by atoms with E-state index in [0.29, 0.717) is 19.6 Å². The minimum Gasteiger partial charge on any atom is -0.445 e. The van der Waals surface area contributed by atoms with Gasteiger partial charge in [-0.25, -0.2) is 4.79 Å². The molecule has 5 nitrogen and oxygen atoms in total. The molecular formula is C27H35NO4. The Morgan fingerprint density at radius 3 is 2.47 bits per heavy atom. The lowest BCUT2D eigenvalue weighted by Crippen LogP contribution is -2.38. The van der Waals surface area contributed by atoms with Gasteiger partial charge in [-0.2, -0.15) is 0 Å². The molecule has 172 valence electrons. The van der Waals surface area contributed by atoms with Crippen molar-refractivity contribution in [3.8, 4) is 0 Å². The van der Waals surface area contributed by atoms with E-state index in [1.807, 2.05) is 37.3 Å². The summed E-state index contributed by atoms with van der Waals surface area (Å²) in [5.41, 5.74) is 4.18. The quantitative estimate of drug-likeness (QED) is 0.611. The van der Waals surface area contributed by atoms with Crippen molar-refractivity contribution in [1.82, 2.24) is 5.32 Å². The van der Waals surface area contributed by atoms with Crippen molar-refractivity contribution in [3.63, 3.8) is 0 Å². The van der Waals surface area contributed by atoms with E-state index < -0.39 is 6.09 Å². The first-order chi connectivity index (χ1) is 15.4. The highest BCUT2D eigenvalue weighted by atomic mass is 16.5. The van der Waals surface area contributed by atoms with Gasteiger partial charge in [0.2, 0.25) is 0 Å². The molecule has 32 heavy (non-hydrogen) atoms. The smallest absolute Gasteiger partial charge is 0.407 e. The van der Waals surface area contributed by atoms with Crippen LogP contribution in [0.5, 0.6) is 0 Å². The van der Waals surface area contributed by atoms with Crippen LogP contribution in [0.1, 0.15) is 62.4 Å². The lowest BCUT2D eigenvalue weighted by atomic mass is 9.73. The topological polar surface area (TPSA) is 64.6 Å². The molecule has 4 unspecified atom stereocenters. The summed E-state index contributed by atoms with van der Waals surface area (Å²) >= 11 is 0. The molecule has 3 rings (SSSR count). The molecule has 1 aliphatic rings. The molecule has 0 heterocycles. The van der Waals surface area contributed by atoms with Gasteiger partial charge in [0, 0.05) is 12.5 Å². The molecule has 0 fully saturated rings. The molecule has 1 amide bonds. The van der Waals surface area contributed by atoms with Gasteiger partial charge in [-0.05, 0) is 60.8 Å². The number of benzene rings is 2. The maximum absolute atomic E-state index is 12.8. The fourth-order valence-electron chi connectivity index (χ4n) is 4.46. The summed E-state index contributed by atoms with van der Waals surface area (Å²) in [7, 11) is 0. The Bertz CT molecular complexity index is 911. The Morgan fingerprint density at radius 2 is 1.78 bits per heavy atom. The Labute approximate surface area is 191 Å².